The van der Waals surface area contributed by atoms with E-state index in [1.807, 2.05) is 38.1 Å². The predicted octanol–water partition coefficient (Wildman–Crippen LogP) is 3.23. The van der Waals surface area contributed by atoms with Gasteiger partial charge in [0.25, 0.3) is 0 Å². The third-order valence-electron chi connectivity index (χ3n) is 3.96. The summed E-state index contributed by atoms with van der Waals surface area (Å²) in [5, 5.41) is 8.61. The van der Waals surface area contributed by atoms with Crippen molar-refractivity contribution in [1.82, 2.24) is 10.6 Å². The summed E-state index contributed by atoms with van der Waals surface area (Å²) in [4.78, 5) is 23.7. The van der Waals surface area contributed by atoms with Gasteiger partial charge in [0.15, 0.2) is 0 Å². The molecule has 0 heterocycles. The SMILES string of the molecule is CC(C)NC(=O)Cc1ccc(NC(=O)NCC2CC=CCC2)cc1. The number of urea groups is 1. The molecule has 1 aliphatic carbocycles. The molecule has 1 unspecified atom stereocenters. The molecule has 24 heavy (non-hydrogen) atoms. The van der Waals surface area contributed by atoms with Crippen molar-refractivity contribution in [3.8, 4) is 0 Å². The summed E-state index contributed by atoms with van der Waals surface area (Å²) >= 11 is 0. The fourth-order valence-electron chi connectivity index (χ4n) is 2.72. The number of nitrogens with one attached hydrogen (secondary N) is 3. The molecule has 3 amide bonds. The fraction of sp³-hybridized carbons (Fsp3) is 0.474. The standard InChI is InChI=1S/C19H27N3O2/c1-14(2)21-18(23)12-15-8-10-17(11-9-15)22-19(24)20-13-16-6-4-3-5-7-16/h3-4,8-11,14,16H,5-7,12-13H2,1-2H3,(H,21,23)(H2,20,22,24). The summed E-state index contributed by atoms with van der Waals surface area (Å²) in [5.74, 6) is 0.535. The van der Waals surface area contributed by atoms with E-state index in [0.717, 1.165) is 30.5 Å². The second kappa shape index (κ2) is 9.11. The van der Waals surface area contributed by atoms with Crippen LogP contribution in [-0.4, -0.2) is 24.5 Å². The van der Waals surface area contributed by atoms with Crippen LogP contribution in [0.15, 0.2) is 36.4 Å². The van der Waals surface area contributed by atoms with Gasteiger partial charge in [0, 0.05) is 18.3 Å². The quantitative estimate of drug-likeness (QED) is 0.701. The van der Waals surface area contributed by atoms with Gasteiger partial charge in [0.2, 0.25) is 5.91 Å². The zero-order chi connectivity index (χ0) is 17.4. The van der Waals surface area contributed by atoms with Crippen LogP contribution in [0.1, 0.15) is 38.7 Å². The molecular formula is C19H27N3O2. The van der Waals surface area contributed by atoms with Crippen LogP contribution in [0.5, 0.6) is 0 Å². The second-order valence-corrected chi connectivity index (χ2v) is 6.58. The van der Waals surface area contributed by atoms with Gasteiger partial charge in [-0.25, -0.2) is 4.79 Å². The van der Waals surface area contributed by atoms with Crippen LogP contribution in [0.25, 0.3) is 0 Å². The van der Waals surface area contributed by atoms with E-state index in [1.54, 1.807) is 0 Å². The van der Waals surface area contributed by atoms with Crippen LogP contribution >= 0.6 is 0 Å². The van der Waals surface area contributed by atoms with E-state index < -0.39 is 0 Å². The van der Waals surface area contributed by atoms with E-state index in [9.17, 15) is 9.59 Å². The van der Waals surface area contributed by atoms with Gasteiger partial charge in [-0.05, 0) is 56.7 Å². The fourth-order valence-corrected chi connectivity index (χ4v) is 2.72. The summed E-state index contributed by atoms with van der Waals surface area (Å²) in [7, 11) is 0. The van der Waals surface area contributed by atoms with Gasteiger partial charge in [-0.15, -0.1) is 0 Å². The number of amides is 3. The highest BCUT2D eigenvalue weighted by Crippen LogP contribution is 2.17. The summed E-state index contributed by atoms with van der Waals surface area (Å²) in [6.45, 7) is 4.57. The topological polar surface area (TPSA) is 70.2 Å². The molecule has 0 spiro atoms. The van der Waals surface area contributed by atoms with Crippen LogP contribution in [0.3, 0.4) is 0 Å². The molecule has 5 nitrogen and oxygen atoms in total. The molecule has 130 valence electrons. The number of hydrogen-bond donors (Lipinski definition) is 3. The lowest BCUT2D eigenvalue weighted by molar-refractivity contribution is -0.120. The number of rotatable bonds is 6. The highest BCUT2D eigenvalue weighted by molar-refractivity contribution is 5.89. The van der Waals surface area contributed by atoms with Crippen molar-refractivity contribution in [3.05, 3.63) is 42.0 Å². The van der Waals surface area contributed by atoms with E-state index in [0.29, 0.717) is 18.9 Å². The third-order valence-corrected chi connectivity index (χ3v) is 3.96. The molecule has 0 saturated heterocycles. The van der Waals surface area contributed by atoms with Crippen LogP contribution in [0.2, 0.25) is 0 Å². The Balaban J connectivity index is 1.75. The maximum Gasteiger partial charge on any atom is 0.319 e. The Morgan fingerprint density at radius 2 is 1.92 bits per heavy atom. The molecule has 0 bridgehead atoms. The minimum atomic E-state index is -0.185. The van der Waals surface area contributed by atoms with E-state index in [-0.39, 0.29) is 18.0 Å². The molecule has 1 atom stereocenters. The van der Waals surface area contributed by atoms with Crippen molar-refractivity contribution < 1.29 is 9.59 Å². The molecule has 3 N–H and O–H groups in total. The summed E-state index contributed by atoms with van der Waals surface area (Å²) < 4.78 is 0. The van der Waals surface area contributed by atoms with Crippen LogP contribution in [-0.2, 0) is 11.2 Å². The molecule has 1 aliphatic rings. The number of benzene rings is 1. The zero-order valence-electron chi connectivity index (χ0n) is 14.5. The molecule has 1 aromatic carbocycles. The van der Waals surface area contributed by atoms with E-state index in [1.165, 1.54) is 0 Å². The van der Waals surface area contributed by atoms with Gasteiger partial charge in [-0.1, -0.05) is 24.3 Å². The van der Waals surface area contributed by atoms with Crippen molar-refractivity contribution in [1.29, 1.82) is 0 Å². The normalized spacial score (nSPS) is 16.7. The number of allylic oxidation sites excluding steroid dienone is 2. The van der Waals surface area contributed by atoms with Crippen molar-refractivity contribution in [2.45, 2.75) is 45.6 Å². The van der Waals surface area contributed by atoms with Gasteiger partial charge >= 0.3 is 6.03 Å². The van der Waals surface area contributed by atoms with Gasteiger partial charge in [-0.2, -0.15) is 0 Å². The van der Waals surface area contributed by atoms with Crippen LogP contribution < -0.4 is 16.0 Å². The van der Waals surface area contributed by atoms with Gasteiger partial charge in [-0.3, -0.25) is 4.79 Å². The summed E-state index contributed by atoms with van der Waals surface area (Å²) in [6.07, 6.45) is 7.98. The Labute approximate surface area is 143 Å². The van der Waals surface area contributed by atoms with Crippen molar-refractivity contribution in [3.63, 3.8) is 0 Å². The molecule has 0 fully saturated rings. The lowest BCUT2D eigenvalue weighted by Gasteiger charge is -2.18. The Hall–Kier alpha value is -2.30. The Morgan fingerprint density at radius 3 is 2.54 bits per heavy atom. The smallest absolute Gasteiger partial charge is 0.319 e. The predicted molar refractivity (Wildman–Crippen MR) is 96.9 cm³/mol. The summed E-state index contributed by atoms with van der Waals surface area (Å²) in [5.41, 5.74) is 1.65. The number of anilines is 1. The van der Waals surface area contributed by atoms with E-state index >= 15 is 0 Å². The molecule has 1 aromatic rings. The Kier molecular flexibility index (Phi) is 6.85. The second-order valence-electron chi connectivity index (χ2n) is 6.58. The minimum absolute atomic E-state index is 0.00461. The largest absolute Gasteiger partial charge is 0.354 e. The molecule has 0 aromatic heterocycles. The van der Waals surface area contributed by atoms with Crippen molar-refractivity contribution in [2.75, 3.05) is 11.9 Å². The number of hydrogen-bond acceptors (Lipinski definition) is 2. The summed E-state index contributed by atoms with van der Waals surface area (Å²) in [6, 6.07) is 7.32. The van der Waals surface area contributed by atoms with Gasteiger partial charge in [0.1, 0.15) is 0 Å². The first-order valence-corrected chi connectivity index (χ1v) is 8.61. The maximum absolute atomic E-state index is 11.9. The van der Waals surface area contributed by atoms with Crippen LogP contribution in [0, 0.1) is 5.92 Å². The van der Waals surface area contributed by atoms with E-state index in [4.69, 9.17) is 0 Å². The number of carbonyl (C=O) groups excluding carboxylic acids is 2. The zero-order valence-corrected chi connectivity index (χ0v) is 14.5. The number of carbonyl (C=O) groups is 2. The van der Waals surface area contributed by atoms with E-state index in [2.05, 4.69) is 28.1 Å². The van der Waals surface area contributed by atoms with Crippen molar-refractivity contribution >= 4 is 17.6 Å². The minimum Gasteiger partial charge on any atom is -0.354 e. The molecule has 2 rings (SSSR count). The van der Waals surface area contributed by atoms with Gasteiger partial charge in [0.05, 0.1) is 6.42 Å². The monoisotopic (exact) mass is 329 g/mol. The first-order chi connectivity index (χ1) is 11.5. The first kappa shape index (κ1) is 18.0. The highest BCUT2D eigenvalue weighted by Gasteiger charge is 2.11. The molecule has 0 saturated carbocycles. The first-order valence-electron chi connectivity index (χ1n) is 8.61. The molecular weight excluding hydrogens is 302 g/mol. The average Bonchev–Trinajstić information content (AvgIpc) is 2.55. The Bertz CT molecular complexity index is 579. The lowest BCUT2D eigenvalue weighted by atomic mass is 9.94. The van der Waals surface area contributed by atoms with Gasteiger partial charge < -0.3 is 16.0 Å². The van der Waals surface area contributed by atoms with Crippen LogP contribution in [0.4, 0.5) is 10.5 Å². The molecule has 5 heteroatoms. The molecule has 0 aliphatic heterocycles. The molecule has 0 radical (unpaired) electrons. The maximum atomic E-state index is 11.9. The average molecular weight is 329 g/mol. The third kappa shape index (κ3) is 6.44. The lowest BCUT2D eigenvalue weighted by Crippen LogP contribution is -2.33. The van der Waals surface area contributed by atoms with Crippen molar-refractivity contribution in [2.24, 2.45) is 5.92 Å². The highest BCUT2D eigenvalue weighted by atomic mass is 16.2. The Morgan fingerprint density at radius 1 is 1.17 bits per heavy atom.